The molecule has 0 aromatic carbocycles. The summed E-state index contributed by atoms with van der Waals surface area (Å²) in [6.45, 7) is -0.0863. The molecule has 0 aromatic rings. The highest BCUT2D eigenvalue weighted by Crippen LogP contribution is 2.20. The topological polar surface area (TPSA) is 87.7 Å². The van der Waals surface area contributed by atoms with Crippen LogP contribution < -0.4 is 11.1 Å². The van der Waals surface area contributed by atoms with E-state index in [1.807, 2.05) is 0 Å². The van der Waals surface area contributed by atoms with E-state index in [4.69, 9.17) is 10.9 Å². The van der Waals surface area contributed by atoms with Gasteiger partial charge >= 0.3 is 6.18 Å². The Hall–Kier alpha value is -1.47. The third-order valence-corrected chi connectivity index (χ3v) is 1.43. The first kappa shape index (κ1) is 13.5. The quantitative estimate of drug-likeness (QED) is 0.211. The molecule has 0 fully saturated rings. The van der Waals surface area contributed by atoms with Crippen LogP contribution in [-0.4, -0.2) is 29.7 Å². The Labute approximate surface area is 84.1 Å². The highest BCUT2D eigenvalue weighted by molar-refractivity contribution is 5.98. The maximum atomic E-state index is 11.7. The fourth-order valence-corrected chi connectivity index (χ4v) is 0.779. The minimum atomic E-state index is -4.21. The normalized spacial score (nSPS) is 12.6. The number of carbonyl (C=O) groups excluding carboxylic acids is 1. The number of alkyl halides is 3. The molecule has 0 rings (SSSR count). The zero-order valence-corrected chi connectivity index (χ0v) is 7.84. The van der Waals surface area contributed by atoms with E-state index in [0.29, 0.717) is 0 Å². The first-order valence-corrected chi connectivity index (χ1v) is 4.15. The molecule has 0 aliphatic rings. The summed E-state index contributed by atoms with van der Waals surface area (Å²) in [6, 6.07) is 0. The van der Waals surface area contributed by atoms with Crippen molar-refractivity contribution in [3.05, 3.63) is 0 Å². The van der Waals surface area contributed by atoms with Crippen LogP contribution in [0.25, 0.3) is 0 Å². The van der Waals surface area contributed by atoms with E-state index >= 15 is 0 Å². The van der Waals surface area contributed by atoms with Crippen molar-refractivity contribution < 1.29 is 23.2 Å². The fraction of sp³-hybridized carbons (Fsp3) is 0.714. The van der Waals surface area contributed by atoms with Crippen molar-refractivity contribution in [3.8, 4) is 0 Å². The molecule has 0 aliphatic heterocycles. The van der Waals surface area contributed by atoms with Crippen molar-refractivity contribution in [2.45, 2.75) is 25.4 Å². The highest BCUT2D eigenvalue weighted by atomic mass is 19.4. The average Bonchev–Trinajstić information content (AvgIpc) is 2.11. The van der Waals surface area contributed by atoms with Gasteiger partial charge in [0.25, 0.3) is 0 Å². The van der Waals surface area contributed by atoms with Crippen LogP contribution in [-0.2, 0) is 4.79 Å². The Morgan fingerprint density at radius 3 is 2.53 bits per heavy atom. The van der Waals surface area contributed by atoms with E-state index in [9.17, 15) is 18.0 Å². The van der Waals surface area contributed by atoms with E-state index in [1.165, 1.54) is 0 Å². The summed E-state index contributed by atoms with van der Waals surface area (Å²) in [4.78, 5) is 10.9. The molecule has 0 aromatic heterocycles. The lowest BCUT2D eigenvalue weighted by Crippen LogP contribution is -2.29. The van der Waals surface area contributed by atoms with Gasteiger partial charge in [-0.2, -0.15) is 13.2 Å². The lowest BCUT2D eigenvalue weighted by molar-refractivity contribution is -0.136. The molecule has 0 unspecified atom stereocenters. The number of carbonyl (C=O) groups is 1. The standard InChI is InChI=1S/C7H12F3N3O2/c8-7(9,10)2-1-3-12-6(14)4-5(11)13-15/h15H,1-4H2,(H2,11,13)(H,12,14). The number of nitrogens with one attached hydrogen (secondary N) is 1. The predicted octanol–water partition coefficient (Wildman–Crippen LogP) is 0.582. The Morgan fingerprint density at radius 1 is 1.47 bits per heavy atom. The summed E-state index contributed by atoms with van der Waals surface area (Å²) in [6.07, 6.45) is -5.68. The molecule has 0 radical (unpaired) electrons. The van der Waals surface area contributed by atoms with Crippen LogP contribution in [0.1, 0.15) is 19.3 Å². The third-order valence-electron chi connectivity index (χ3n) is 1.43. The number of hydrogen-bond acceptors (Lipinski definition) is 3. The number of nitrogens with two attached hydrogens (primary N) is 1. The summed E-state index contributed by atoms with van der Waals surface area (Å²) < 4.78 is 35.0. The Balaban J connectivity index is 3.57. The fourth-order valence-electron chi connectivity index (χ4n) is 0.779. The van der Waals surface area contributed by atoms with Crippen LogP contribution in [0.3, 0.4) is 0 Å². The van der Waals surface area contributed by atoms with Gasteiger partial charge in [0.05, 0.1) is 6.42 Å². The summed E-state index contributed by atoms with van der Waals surface area (Å²) in [5.74, 6) is -0.865. The van der Waals surface area contributed by atoms with Gasteiger partial charge in [0, 0.05) is 13.0 Å². The van der Waals surface area contributed by atoms with Crippen molar-refractivity contribution in [2.75, 3.05) is 6.54 Å². The van der Waals surface area contributed by atoms with Gasteiger partial charge in [-0.05, 0) is 6.42 Å². The predicted molar refractivity (Wildman–Crippen MR) is 46.3 cm³/mol. The third kappa shape index (κ3) is 8.85. The zero-order valence-electron chi connectivity index (χ0n) is 7.84. The van der Waals surface area contributed by atoms with Crippen LogP contribution in [0.15, 0.2) is 5.16 Å². The number of nitrogens with zero attached hydrogens (tertiary/aromatic N) is 1. The largest absolute Gasteiger partial charge is 0.409 e. The maximum Gasteiger partial charge on any atom is 0.389 e. The van der Waals surface area contributed by atoms with E-state index in [2.05, 4.69) is 10.5 Å². The Kier molecular flexibility index (Phi) is 5.50. The molecule has 0 atom stereocenters. The average molecular weight is 227 g/mol. The molecular weight excluding hydrogens is 215 g/mol. The molecule has 8 heteroatoms. The smallest absolute Gasteiger partial charge is 0.389 e. The van der Waals surface area contributed by atoms with Crippen LogP contribution in [0, 0.1) is 0 Å². The molecule has 4 N–H and O–H groups in total. The maximum absolute atomic E-state index is 11.7. The molecule has 5 nitrogen and oxygen atoms in total. The van der Waals surface area contributed by atoms with Gasteiger partial charge in [0.15, 0.2) is 0 Å². The van der Waals surface area contributed by atoms with Crippen LogP contribution >= 0.6 is 0 Å². The van der Waals surface area contributed by atoms with Gasteiger partial charge in [-0.25, -0.2) is 0 Å². The summed E-state index contributed by atoms with van der Waals surface area (Å²) >= 11 is 0. The number of amidine groups is 1. The van der Waals surface area contributed by atoms with Gasteiger partial charge in [-0.1, -0.05) is 5.16 Å². The SMILES string of the molecule is NC(CC(=O)NCCCC(F)(F)F)=NO. The molecular formula is C7H12F3N3O2. The molecule has 88 valence electrons. The molecule has 15 heavy (non-hydrogen) atoms. The number of rotatable bonds is 5. The highest BCUT2D eigenvalue weighted by Gasteiger charge is 2.25. The van der Waals surface area contributed by atoms with Gasteiger partial charge in [0.1, 0.15) is 5.84 Å². The van der Waals surface area contributed by atoms with Crippen LogP contribution in [0.4, 0.5) is 13.2 Å². The minimum absolute atomic E-state index is 0.0863. The van der Waals surface area contributed by atoms with E-state index < -0.39 is 18.5 Å². The molecule has 0 aliphatic carbocycles. The van der Waals surface area contributed by atoms with E-state index in [-0.39, 0.29) is 25.2 Å². The van der Waals surface area contributed by atoms with Gasteiger partial charge in [-0.3, -0.25) is 4.79 Å². The molecule has 0 heterocycles. The number of amides is 1. The Morgan fingerprint density at radius 2 is 2.07 bits per heavy atom. The van der Waals surface area contributed by atoms with Crippen molar-refractivity contribution in [3.63, 3.8) is 0 Å². The summed E-state index contributed by atoms with van der Waals surface area (Å²) in [5, 5.41) is 12.9. The van der Waals surface area contributed by atoms with Crippen molar-refractivity contribution in [2.24, 2.45) is 10.9 Å². The van der Waals surface area contributed by atoms with Gasteiger partial charge in [-0.15, -0.1) is 0 Å². The summed E-state index contributed by atoms with van der Waals surface area (Å²) in [7, 11) is 0. The molecule has 0 saturated carbocycles. The lowest BCUT2D eigenvalue weighted by atomic mass is 10.3. The molecule has 1 amide bonds. The number of hydrogen-bond donors (Lipinski definition) is 3. The molecule has 0 spiro atoms. The second-order valence-corrected chi connectivity index (χ2v) is 2.84. The molecule has 0 saturated heterocycles. The summed E-state index contributed by atoms with van der Waals surface area (Å²) in [5.41, 5.74) is 5.01. The second-order valence-electron chi connectivity index (χ2n) is 2.84. The van der Waals surface area contributed by atoms with Crippen molar-refractivity contribution in [1.29, 1.82) is 0 Å². The first-order chi connectivity index (χ1) is 6.85. The van der Waals surface area contributed by atoms with Crippen molar-refractivity contribution in [1.82, 2.24) is 5.32 Å². The van der Waals surface area contributed by atoms with Crippen LogP contribution in [0.5, 0.6) is 0 Å². The number of oxime groups is 1. The van der Waals surface area contributed by atoms with Crippen molar-refractivity contribution >= 4 is 11.7 Å². The number of halogens is 3. The Bertz CT molecular complexity index is 240. The van der Waals surface area contributed by atoms with Gasteiger partial charge < -0.3 is 16.3 Å². The first-order valence-electron chi connectivity index (χ1n) is 4.15. The van der Waals surface area contributed by atoms with E-state index in [0.717, 1.165) is 0 Å². The monoisotopic (exact) mass is 227 g/mol. The van der Waals surface area contributed by atoms with E-state index in [1.54, 1.807) is 0 Å². The zero-order chi connectivity index (χ0) is 11.9. The van der Waals surface area contributed by atoms with Crippen LogP contribution in [0.2, 0.25) is 0 Å². The second kappa shape index (κ2) is 6.10. The lowest BCUT2D eigenvalue weighted by Gasteiger charge is -2.06. The van der Waals surface area contributed by atoms with Gasteiger partial charge in [0.2, 0.25) is 5.91 Å². The molecule has 0 bridgehead atoms. The minimum Gasteiger partial charge on any atom is -0.409 e.